The van der Waals surface area contributed by atoms with Crippen LogP contribution in [0.2, 0.25) is 0 Å². The third-order valence-electron chi connectivity index (χ3n) is 5.73. The first-order valence-electron chi connectivity index (χ1n) is 10.9. The number of fused-ring (bicyclic) bond motifs is 1. The van der Waals surface area contributed by atoms with Crippen LogP contribution in [-0.2, 0) is 17.8 Å². The van der Waals surface area contributed by atoms with Crippen molar-refractivity contribution in [1.29, 1.82) is 0 Å². The van der Waals surface area contributed by atoms with Gasteiger partial charge in [-0.25, -0.2) is 4.98 Å². The zero-order valence-corrected chi connectivity index (χ0v) is 18.8. The first-order valence-corrected chi connectivity index (χ1v) is 10.9. The molecule has 0 radical (unpaired) electrons. The molecule has 0 bridgehead atoms. The Labute approximate surface area is 187 Å². The van der Waals surface area contributed by atoms with E-state index in [0.29, 0.717) is 36.0 Å². The van der Waals surface area contributed by atoms with Crippen molar-refractivity contribution in [3.63, 3.8) is 0 Å². The number of nitrogens with zero attached hydrogens (tertiary/aromatic N) is 4. The predicted molar refractivity (Wildman–Crippen MR) is 120 cm³/mol. The van der Waals surface area contributed by atoms with Crippen molar-refractivity contribution in [3.8, 4) is 11.5 Å². The molecule has 3 aromatic rings. The van der Waals surface area contributed by atoms with Crippen molar-refractivity contribution in [2.75, 3.05) is 32.2 Å². The van der Waals surface area contributed by atoms with Gasteiger partial charge in [0.15, 0.2) is 0 Å². The van der Waals surface area contributed by atoms with Gasteiger partial charge in [0.2, 0.25) is 5.91 Å². The van der Waals surface area contributed by atoms with Crippen molar-refractivity contribution in [2.24, 2.45) is 0 Å². The summed E-state index contributed by atoms with van der Waals surface area (Å²) < 4.78 is 16.1. The highest BCUT2D eigenvalue weighted by atomic mass is 16.5. The molecule has 32 heavy (non-hydrogen) atoms. The van der Waals surface area contributed by atoms with E-state index in [1.54, 1.807) is 14.2 Å². The van der Waals surface area contributed by atoms with Crippen LogP contribution in [-0.4, -0.2) is 48.3 Å². The number of carbonyl (C=O) groups excluding carboxylic acids is 1. The molecule has 1 saturated heterocycles. The van der Waals surface area contributed by atoms with Gasteiger partial charge in [0.25, 0.3) is 5.71 Å². The van der Waals surface area contributed by atoms with Gasteiger partial charge in [0.1, 0.15) is 28.5 Å². The Bertz CT molecular complexity index is 1090. The molecule has 1 amide bonds. The highest BCUT2D eigenvalue weighted by Crippen LogP contribution is 2.29. The lowest BCUT2D eigenvalue weighted by Crippen LogP contribution is -2.31. The van der Waals surface area contributed by atoms with Crippen molar-refractivity contribution in [1.82, 2.24) is 20.4 Å². The number of rotatable bonds is 8. The number of hydrogen-bond donors (Lipinski definition) is 1. The topological polar surface area (TPSA) is 103 Å². The van der Waals surface area contributed by atoms with Crippen LogP contribution in [0.1, 0.15) is 42.8 Å². The summed E-state index contributed by atoms with van der Waals surface area (Å²) in [6, 6.07) is 5.50. The summed E-state index contributed by atoms with van der Waals surface area (Å²) >= 11 is 0. The third kappa shape index (κ3) is 4.76. The first kappa shape index (κ1) is 21.9. The molecule has 1 aliphatic rings. The molecule has 1 aliphatic heterocycles. The standard InChI is InChI=1S/C23H29N5O4/c1-15-21-22(28-11-5-4-6-12-28)25-19(26-23(21)32-27-15)9-10-20(29)24-14-16-13-17(30-2)7-8-18(16)31-3/h7-8,13H,4-6,9-12,14H2,1-3H3,(H,24,29). The van der Waals surface area contributed by atoms with E-state index in [9.17, 15) is 4.79 Å². The van der Waals surface area contributed by atoms with Crippen LogP contribution in [0.4, 0.5) is 5.82 Å². The molecule has 0 unspecified atom stereocenters. The molecule has 0 spiro atoms. The van der Waals surface area contributed by atoms with E-state index in [1.165, 1.54) is 6.42 Å². The zero-order valence-electron chi connectivity index (χ0n) is 18.8. The summed E-state index contributed by atoms with van der Waals surface area (Å²) in [6.45, 7) is 4.17. The van der Waals surface area contributed by atoms with Crippen molar-refractivity contribution in [3.05, 3.63) is 35.3 Å². The highest BCUT2D eigenvalue weighted by Gasteiger charge is 2.21. The average Bonchev–Trinajstić information content (AvgIpc) is 3.21. The average molecular weight is 440 g/mol. The maximum atomic E-state index is 12.5. The van der Waals surface area contributed by atoms with Crippen LogP contribution < -0.4 is 19.7 Å². The Morgan fingerprint density at radius 2 is 1.97 bits per heavy atom. The number of aromatic nitrogens is 3. The number of anilines is 1. The summed E-state index contributed by atoms with van der Waals surface area (Å²) in [6.07, 6.45) is 4.20. The number of aryl methyl sites for hydroxylation is 2. The predicted octanol–water partition coefficient (Wildman–Crippen LogP) is 3.18. The Hall–Kier alpha value is -3.36. The fraction of sp³-hybridized carbons (Fsp3) is 0.478. The zero-order chi connectivity index (χ0) is 22.5. The third-order valence-corrected chi connectivity index (χ3v) is 5.73. The van der Waals surface area contributed by atoms with E-state index in [-0.39, 0.29) is 12.3 Å². The van der Waals surface area contributed by atoms with Crippen molar-refractivity contribution < 1.29 is 18.8 Å². The van der Waals surface area contributed by atoms with Crippen LogP contribution in [0.3, 0.4) is 0 Å². The van der Waals surface area contributed by atoms with E-state index in [0.717, 1.165) is 48.4 Å². The van der Waals surface area contributed by atoms with Crippen molar-refractivity contribution in [2.45, 2.75) is 45.6 Å². The van der Waals surface area contributed by atoms with Gasteiger partial charge in [-0.1, -0.05) is 5.16 Å². The van der Waals surface area contributed by atoms with Gasteiger partial charge in [-0.3, -0.25) is 4.79 Å². The molecule has 4 rings (SSSR count). The van der Waals surface area contributed by atoms with Gasteiger partial charge in [-0.2, -0.15) is 4.98 Å². The smallest absolute Gasteiger partial charge is 0.263 e. The van der Waals surface area contributed by atoms with Gasteiger partial charge in [-0.15, -0.1) is 0 Å². The van der Waals surface area contributed by atoms with Gasteiger partial charge in [0, 0.05) is 38.0 Å². The second-order valence-electron chi connectivity index (χ2n) is 7.91. The Morgan fingerprint density at radius 1 is 1.16 bits per heavy atom. The Morgan fingerprint density at radius 3 is 2.72 bits per heavy atom. The number of methoxy groups -OCH3 is 2. The van der Waals surface area contributed by atoms with Gasteiger partial charge >= 0.3 is 0 Å². The normalized spacial score (nSPS) is 13.9. The molecule has 1 aromatic carbocycles. The van der Waals surface area contributed by atoms with E-state index >= 15 is 0 Å². The molecule has 9 heteroatoms. The summed E-state index contributed by atoms with van der Waals surface area (Å²) in [5.41, 5.74) is 2.12. The number of hydrogen-bond acceptors (Lipinski definition) is 8. The number of carbonyl (C=O) groups is 1. The molecule has 3 heterocycles. The molecule has 0 atom stereocenters. The second-order valence-corrected chi connectivity index (χ2v) is 7.91. The maximum absolute atomic E-state index is 12.5. The maximum Gasteiger partial charge on any atom is 0.263 e. The van der Waals surface area contributed by atoms with Gasteiger partial charge in [0.05, 0.1) is 19.9 Å². The lowest BCUT2D eigenvalue weighted by Gasteiger charge is -2.28. The summed E-state index contributed by atoms with van der Waals surface area (Å²) in [7, 11) is 3.21. The number of amides is 1. The molecule has 1 fully saturated rings. The largest absolute Gasteiger partial charge is 0.497 e. The fourth-order valence-electron chi connectivity index (χ4n) is 3.99. The van der Waals surface area contributed by atoms with E-state index < -0.39 is 0 Å². The minimum atomic E-state index is -0.0909. The molecule has 1 N–H and O–H groups in total. The molecular weight excluding hydrogens is 410 g/mol. The quantitative estimate of drug-likeness (QED) is 0.571. The highest BCUT2D eigenvalue weighted by molar-refractivity contribution is 5.88. The van der Waals surface area contributed by atoms with Crippen LogP contribution in [0.5, 0.6) is 11.5 Å². The lowest BCUT2D eigenvalue weighted by atomic mass is 10.1. The molecule has 0 saturated carbocycles. The molecule has 0 aliphatic carbocycles. The van der Waals surface area contributed by atoms with E-state index in [2.05, 4.69) is 20.4 Å². The van der Waals surface area contributed by atoms with Gasteiger partial charge in [-0.05, 0) is 44.4 Å². The molecule has 2 aromatic heterocycles. The minimum Gasteiger partial charge on any atom is -0.497 e. The summed E-state index contributed by atoms with van der Waals surface area (Å²) in [4.78, 5) is 24.1. The number of nitrogens with one attached hydrogen (secondary N) is 1. The molecule has 9 nitrogen and oxygen atoms in total. The van der Waals surface area contributed by atoms with Crippen LogP contribution in [0, 0.1) is 6.92 Å². The van der Waals surface area contributed by atoms with Crippen LogP contribution >= 0.6 is 0 Å². The number of benzene rings is 1. The summed E-state index contributed by atoms with van der Waals surface area (Å²) in [5.74, 6) is 2.77. The first-order chi connectivity index (χ1) is 15.6. The summed E-state index contributed by atoms with van der Waals surface area (Å²) in [5, 5.41) is 7.88. The van der Waals surface area contributed by atoms with Crippen molar-refractivity contribution >= 4 is 22.8 Å². The monoisotopic (exact) mass is 439 g/mol. The second kappa shape index (κ2) is 9.84. The Kier molecular flexibility index (Phi) is 6.72. The van der Waals surface area contributed by atoms with E-state index in [4.69, 9.17) is 19.0 Å². The molecule has 170 valence electrons. The minimum absolute atomic E-state index is 0.0909. The SMILES string of the molecule is COc1ccc(OC)c(CNC(=O)CCc2nc(N3CCCCC3)c3c(C)noc3n2)c1. The van der Waals surface area contributed by atoms with Crippen LogP contribution in [0.25, 0.3) is 11.1 Å². The lowest BCUT2D eigenvalue weighted by molar-refractivity contribution is -0.121. The number of ether oxygens (including phenoxy) is 2. The fourth-order valence-corrected chi connectivity index (χ4v) is 3.99. The Balaban J connectivity index is 1.43. The van der Waals surface area contributed by atoms with Crippen LogP contribution in [0.15, 0.2) is 22.7 Å². The molecular formula is C23H29N5O4. The van der Waals surface area contributed by atoms with Gasteiger partial charge < -0.3 is 24.2 Å². The number of piperidine rings is 1. The van der Waals surface area contributed by atoms with E-state index in [1.807, 2.05) is 25.1 Å².